The first-order valence-electron chi connectivity index (χ1n) is 7.60. The van der Waals surface area contributed by atoms with Gasteiger partial charge in [-0.15, -0.1) is 0 Å². The first-order valence-corrected chi connectivity index (χ1v) is 7.60. The van der Waals surface area contributed by atoms with Gasteiger partial charge in [0, 0.05) is 30.1 Å². The lowest BCUT2D eigenvalue weighted by Crippen LogP contribution is -2.14. The monoisotopic (exact) mass is 273 g/mol. The molecule has 0 spiro atoms. The number of hydrogen-bond acceptors (Lipinski definition) is 2. The summed E-state index contributed by atoms with van der Waals surface area (Å²) in [5, 5.41) is 11.2. The van der Waals surface area contributed by atoms with Crippen molar-refractivity contribution in [3.05, 3.63) is 35.5 Å². The van der Waals surface area contributed by atoms with Crippen LogP contribution in [0.2, 0.25) is 0 Å². The fraction of sp³-hybridized carbons (Fsp3) is 0.529. The van der Waals surface area contributed by atoms with Crippen LogP contribution in [-0.2, 0) is 4.74 Å². The summed E-state index contributed by atoms with van der Waals surface area (Å²) >= 11 is 0. The van der Waals surface area contributed by atoms with Gasteiger partial charge in [-0.25, -0.2) is 0 Å². The third-order valence-electron chi connectivity index (χ3n) is 4.23. The van der Waals surface area contributed by atoms with Crippen LogP contribution in [0.4, 0.5) is 0 Å². The summed E-state index contributed by atoms with van der Waals surface area (Å²) in [7, 11) is 0. The van der Waals surface area contributed by atoms with E-state index in [4.69, 9.17) is 4.74 Å². The fourth-order valence-corrected chi connectivity index (χ4v) is 3.05. The summed E-state index contributed by atoms with van der Waals surface area (Å²) in [6.07, 6.45) is 4.67. The molecular formula is C17H23NO2. The molecule has 1 aromatic carbocycles. The van der Waals surface area contributed by atoms with Gasteiger partial charge in [0.2, 0.25) is 0 Å². The van der Waals surface area contributed by atoms with Gasteiger partial charge in [-0.2, -0.15) is 0 Å². The van der Waals surface area contributed by atoms with Crippen LogP contribution in [0.15, 0.2) is 24.4 Å². The number of aliphatic hydroxyl groups is 1. The molecule has 108 valence electrons. The average Bonchev–Trinajstić information content (AvgIpc) is 3.17. The van der Waals surface area contributed by atoms with Crippen LogP contribution in [0.1, 0.15) is 56.1 Å². The molecular weight excluding hydrogens is 250 g/mol. The molecule has 0 radical (unpaired) electrons. The molecule has 2 atom stereocenters. The minimum absolute atomic E-state index is 0.283. The number of fused-ring (bicyclic) bond motifs is 1. The molecule has 1 aliphatic rings. The standard InChI is InChI=1S/C17H23NO2/c1-3-20-16(19)9-11(2)14-10-18-15-6-4-5-13(17(14)15)12-7-8-12/h4-6,10-12,16,18-19H,3,7-9H2,1-2H3. The summed E-state index contributed by atoms with van der Waals surface area (Å²) in [5.74, 6) is 1.02. The van der Waals surface area contributed by atoms with Crippen molar-refractivity contribution >= 4 is 10.9 Å². The largest absolute Gasteiger partial charge is 0.368 e. The number of benzene rings is 1. The summed E-state index contributed by atoms with van der Waals surface area (Å²) in [5.41, 5.74) is 3.99. The third kappa shape index (κ3) is 2.60. The first-order chi connectivity index (χ1) is 9.70. The molecule has 3 rings (SSSR count). The number of rotatable bonds is 6. The van der Waals surface area contributed by atoms with Crippen molar-refractivity contribution in [2.24, 2.45) is 0 Å². The Balaban J connectivity index is 1.91. The molecule has 3 heteroatoms. The molecule has 0 aliphatic heterocycles. The van der Waals surface area contributed by atoms with Crippen LogP contribution < -0.4 is 0 Å². The van der Waals surface area contributed by atoms with Gasteiger partial charge < -0.3 is 14.8 Å². The topological polar surface area (TPSA) is 45.2 Å². The van der Waals surface area contributed by atoms with E-state index in [0.717, 1.165) is 5.92 Å². The second kappa shape index (κ2) is 5.58. The predicted octanol–water partition coefficient (Wildman–Crippen LogP) is 3.89. The van der Waals surface area contributed by atoms with Crippen LogP contribution in [0.5, 0.6) is 0 Å². The molecule has 0 bridgehead atoms. The molecule has 20 heavy (non-hydrogen) atoms. The van der Waals surface area contributed by atoms with Crippen molar-refractivity contribution in [2.45, 2.75) is 51.2 Å². The summed E-state index contributed by atoms with van der Waals surface area (Å²) in [6, 6.07) is 6.52. The lowest BCUT2D eigenvalue weighted by atomic mass is 9.93. The molecule has 1 heterocycles. The Morgan fingerprint density at radius 1 is 1.40 bits per heavy atom. The molecule has 1 aromatic heterocycles. The van der Waals surface area contributed by atoms with Gasteiger partial charge in [-0.05, 0) is 48.8 Å². The number of aliphatic hydroxyl groups excluding tert-OH is 1. The average molecular weight is 273 g/mol. The summed E-state index contributed by atoms with van der Waals surface area (Å²) in [4.78, 5) is 3.37. The third-order valence-corrected chi connectivity index (χ3v) is 4.23. The Hall–Kier alpha value is -1.32. The number of nitrogens with one attached hydrogen (secondary N) is 1. The fourth-order valence-electron chi connectivity index (χ4n) is 3.05. The van der Waals surface area contributed by atoms with Gasteiger partial charge in [0.1, 0.15) is 0 Å². The minimum Gasteiger partial charge on any atom is -0.368 e. The number of hydrogen-bond donors (Lipinski definition) is 2. The van der Waals surface area contributed by atoms with Gasteiger partial charge >= 0.3 is 0 Å². The van der Waals surface area contributed by atoms with E-state index in [9.17, 15) is 5.11 Å². The molecule has 1 saturated carbocycles. The Labute approximate surface area is 120 Å². The van der Waals surface area contributed by atoms with E-state index in [0.29, 0.717) is 13.0 Å². The zero-order valence-corrected chi connectivity index (χ0v) is 12.2. The highest BCUT2D eigenvalue weighted by molar-refractivity contribution is 5.88. The maximum Gasteiger partial charge on any atom is 0.155 e. The van der Waals surface area contributed by atoms with E-state index < -0.39 is 6.29 Å². The van der Waals surface area contributed by atoms with E-state index >= 15 is 0 Å². The van der Waals surface area contributed by atoms with Crippen LogP contribution >= 0.6 is 0 Å². The first kappa shape index (κ1) is 13.7. The molecule has 1 fully saturated rings. The van der Waals surface area contributed by atoms with E-state index in [1.54, 1.807) is 0 Å². The van der Waals surface area contributed by atoms with Crippen LogP contribution in [-0.4, -0.2) is 23.0 Å². The van der Waals surface area contributed by atoms with E-state index in [2.05, 4.69) is 36.3 Å². The number of ether oxygens (including phenoxy) is 1. The molecule has 0 amide bonds. The van der Waals surface area contributed by atoms with Crippen LogP contribution in [0.3, 0.4) is 0 Å². The molecule has 2 aromatic rings. The smallest absolute Gasteiger partial charge is 0.155 e. The van der Waals surface area contributed by atoms with E-state index in [1.807, 2.05) is 6.92 Å². The highest BCUT2D eigenvalue weighted by Gasteiger charge is 2.27. The number of H-pyrrole nitrogens is 1. The highest BCUT2D eigenvalue weighted by Crippen LogP contribution is 2.45. The van der Waals surface area contributed by atoms with Gasteiger partial charge in [-0.3, -0.25) is 0 Å². The van der Waals surface area contributed by atoms with Crippen LogP contribution in [0, 0.1) is 0 Å². The molecule has 1 aliphatic carbocycles. The van der Waals surface area contributed by atoms with E-state index in [1.165, 1.54) is 34.9 Å². The van der Waals surface area contributed by atoms with Gasteiger partial charge in [-0.1, -0.05) is 19.1 Å². The summed E-state index contributed by atoms with van der Waals surface area (Å²) < 4.78 is 5.26. The van der Waals surface area contributed by atoms with Crippen molar-refractivity contribution in [1.29, 1.82) is 0 Å². The van der Waals surface area contributed by atoms with Crippen LogP contribution in [0.25, 0.3) is 10.9 Å². The second-order valence-electron chi connectivity index (χ2n) is 5.83. The van der Waals surface area contributed by atoms with Crippen molar-refractivity contribution in [3.63, 3.8) is 0 Å². The SMILES string of the molecule is CCOC(O)CC(C)c1c[nH]c2cccc(C3CC3)c12. The quantitative estimate of drug-likeness (QED) is 0.784. The van der Waals surface area contributed by atoms with Crippen molar-refractivity contribution in [2.75, 3.05) is 6.61 Å². The van der Waals surface area contributed by atoms with Gasteiger partial charge in [0.25, 0.3) is 0 Å². The Morgan fingerprint density at radius 2 is 2.20 bits per heavy atom. The highest BCUT2D eigenvalue weighted by atomic mass is 16.6. The Morgan fingerprint density at radius 3 is 2.90 bits per heavy atom. The zero-order valence-electron chi connectivity index (χ0n) is 12.2. The molecule has 2 N–H and O–H groups in total. The van der Waals surface area contributed by atoms with Crippen molar-refractivity contribution in [3.8, 4) is 0 Å². The normalized spacial score (nSPS) is 18.4. The lowest BCUT2D eigenvalue weighted by molar-refractivity contribution is -0.101. The van der Waals surface area contributed by atoms with Gasteiger partial charge in [0.15, 0.2) is 6.29 Å². The second-order valence-corrected chi connectivity index (χ2v) is 5.83. The van der Waals surface area contributed by atoms with Gasteiger partial charge in [0.05, 0.1) is 0 Å². The molecule has 0 saturated heterocycles. The number of aromatic nitrogens is 1. The minimum atomic E-state index is -0.673. The Kier molecular flexibility index (Phi) is 3.81. The lowest BCUT2D eigenvalue weighted by Gasteiger charge is -2.17. The molecule has 3 nitrogen and oxygen atoms in total. The number of aromatic amines is 1. The Bertz CT molecular complexity index is 586. The van der Waals surface area contributed by atoms with Crippen molar-refractivity contribution in [1.82, 2.24) is 4.98 Å². The summed E-state index contributed by atoms with van der Waals surface area (Å²) in [6.45, 7) is 4.62. The van der Waals surface area contributed by atoms with E-state index in [-0.39, 0.29) is 5.92 Å². The van der Waals surface area contributed by atoms with Crippen molar-refractivity contribution < 1.29 is 9.84 Å². The maximum atomic E-state index is 9.85. The maximum absolute atomic E-state index is 9.85. The molecule has 2 unspecified atom stereocenters. The zero-order chi connectivity index (χ0) is 14.1. The predicted molar refractivity (Wildman–Crippen MR) is 80.9 cm³/mol.